The molecule has 2 atom stereocenters. The summed E-state index contributed by atoms with van der Waals surface area (Å²) in [6.45, 7) is 4.24. The molecule has 0 saturated carbocycles. The van der Waals surface area contributed by atoms with E-state index in [-0.39, 0.29) is 12.2 Å². The lowest BCUT2D eigenvalue weighted by Gasteiger charge is -2.33. The SMILES string of the molecule is CC1CC(Nc2cc(Cl)ccc2-n2cccn2)CC(C)O1. The number of hydrogen-bond donors (Lipinski definition) is 1. The van der Waals surface area contributed by atoms with Crippen LogP contribution in [0.3, 0.4) is 0 Å². The molecule has 0 aliphatic carbocycles. The predicted molar refractivity (Wildman–Crippen MR) is 85.2 cm³/mol. The van der Waals surface area contributed by atoms with Crippen molar-refractivity contribution < 1.29 is 4.74 Å². The lowest BCUT2D eigenvalue weighted by molar-refractivity contribution is -0.0337. The molecule has 1 aromatic heterocycles. The van der Waals surface area contributed by atoms with Crippen LogP contribution in [0.4, 0.5) is 5.69 Å². The van der Waals surface area contributed by atoms with Crippen LogP contribution in [-0.2, 0) is 4.74 Å². The van der Waals surface area contributed by atoms with Gasteiger partial charge in [-0.3, -0.25) is 0 Å². The molecule has 0 radical (unpaired) electrons. The van der Waals surface area contributed by atoms with Gasteiger partial charge in [0.15, 0.2) is 0 Å². The van der Waals surface area contributed by atoms with Crippen LogP contribution in [-0.4, -0.2) is 28.0 Å². The van der Waals surface area contributed by atoms with Crippen molar-refractivity contribution in [2.75, 3.05) is 5.32 Å². The predicted octanol–water partition coefficient (Wildman–Crippen LogP) is 3.89. The number of rotatable bonds is 3. The van der Waals surface area contributed by atoms with E-state index in [4.69, 9.17) is 16.3 Å². The molecule has 1 fully saturated rings. The van der Waals surface area contributed by atoms with Crippen LogP contribution in [0.25, 0.3) is 5.69 Å². The number of ether oxygens (including phenoxy) is 1. The zero-order chi connectivity index (χ0) is 14.8. The van der Waals surface area contributed by atoms with Gasteiger partial charge in [-0.05, 0) is 51.0 Å². The van der Waals surface area contributed by atoms with E-state index in [9.17, 15) is 0 Å². The number of hydrogen-bond acceptors (Lipinski definition) is 3. The van der Waals surface area contributed by atoms with Crippen molar-refractivity contribution in [3.8, 4) is 5.69 Å². The molecule has 1 saturated heterocycles. The second kappa shape index (κ2) is 6.08. The summed E-state index contributed by atoms with van der Waals surface area (Å²) in [5.74, 6) is 0. The van der Waals surface area contributed by atoms with E-state index >= 15 is 0 Å². The summed E-state index contributed by atoms with van der Waals surface area (Å²) in [7, 11) is 0. The summed E-state index contributed by atoms with van der Waals surface area (Å²) >= 11 is 6.16. The fourth-order valence-electron chi connectivity index (χ4n) is 2.98. The minimum Gasteiger partial charge on any atom is -0.380 e. The maximum atomic E-state index is 6.16. The van der Waals surface area contributed by atoms with Crippen LogP contribution in [0.1, 0.15) is 26.7 Å². The first-order valence-electron chi connectivity index (χ1n) is 7.33. The molecule has 0 amide bonds. The first kappa shape index (κ1) is 14.4. The van der Waals surface area contributed by atoms with Gasteiger partial charge in [-0.1, -0.05) is 11.6 Å². The molecular weight excluding hydrogens is 286 g/mol. The topological polar surface area (TPSA) is 39.1 Å². The third-order valence-corrected chi connectivity index (χ3v) is 4.00. The standard InChI is InChI=1S/C16H20ClN3O/c1-11-8-14(9-12(2)21-11)19-15-10-13(17)4-5-16(15)20-7-3-6-18-20/h3-7,10-12,14,19H,8-9H2,1-2H3. The Balaban J connectivity index is 1.86. The van der Waals surface area contributed by atoms with Crippen molar-refractivity contribution in [2.45, 2.75) is 44.9 Å². The molecule has 3 rings (SSSR count). The van der Waals surface area contributed by atoms with Crippen molar-refractivity contribution in [2.24, 2.45) is 0 Å². The summed E-state index contributed by atoms with van der Waals surface area (Å²) in [5.41, 5.74) is 2.02. The first-order valence-corrected chi connectivity index (χ1v) is 7.71. The summed E-state index contributed by atoms with van der Waals surface area (Å²) in [6.07, 6.45) is 6.25. The van der Waals surface area contributed by atoms with Crippen molar-refractivity contribution >= 4 is 17.3 Å². The third-order valence-electron chi connectivity index (χ3n) is 3.77. The highest BCUT2D eigenvalue weighted by atomic mass is 35.5. The molecule has 2 aromatic rings. The van der Waals surface area contributed by atoms with E-state index in [1.165, 1.54) is 0 Å². The van der Waals surface area contributed by atoms with Gasteiger partial charge in [0.1, 0.15) is 0 Å². The molecule has 21 heavy (non-hydrogen) atoms. The monoisotopic (exact) mass is 305 g/mol. The summed E-state index contributed by atoms with van der Waals surface area (Å²) in [6, 6.07) is 8.14. The average molecular weight is 306 g/mol. The van der Waals surface area contributed by atoms with Crippen LogP contribution in [0.2, 0.25) is 5.02 Å². The minimum absolute atomic E-state index is 0.276. The first-order chi connectivity index (χ1) is 10.1. The van der Waals surface area contributed by atoms with Gasteiger partial charge < -0.3 is 10.1 Å². The van der Waals surface area contributed by atoms with Crippen LogP contribution in [0.15, 0.2) is 36.7 Å². The number of aromatic nitrogens is 2. The van der Waals surface area contributed by atoms with Gasteiger partial charge in [0.25, 0.3) is 0 Å². The molecule has 1 aliphatic heterocycles. The lowest BCUT2D eigenvalue weighted by Crippen LogP contribution is -2.37. The minimum atomic E-state index is 0.276. The van der Waals surface area contributed by atoms with Crippen molar-refractivity contribution in [3.05, 3.63) is 41.7 Å². The Morgan fingerprint density at radius 3 is 2.71 bits per heavy atom. The number of nitrogens with zero attached hydrogens (tertiary/aromatic N) is 2. The Morgan fingerprint density at radius 2 is 2.05 bits per heavy atom. The molecule has 1 aliphatic rings. The molecule has 0 bridgehead atoms. The van der Waals surface area contributed by atoms with Gasteiger partial charge in [-0.15, -0.1) is 0 Å². The summed E-state index contributed by atoms with van der Waals surface area (Å²) in [5, 5.41) is 8.65. The highest BCUT2D eigenvalue weighted by Gasteiger charge is 2.25. The molecule has 5 heteroatoms. The van der Waals surface area contributed by atoms with Crippen LogP contribution >= 0.6 is 11.6 Å². The Kier molecular flexibility index (Phi) is 4.17. The molecule has 1 N–H and O–H groups in total. The smallest absolute Gasteiger partial charge is 0.0877 e. The largest absolute Gasteiger partial charge is 0.380 e. The number of benzene rings is 1. The van der Waals surface area contributed by atoms with Gasteiger partial charge >= 0.3 is 0 Å². The highest BCUT2D eigenvalue weighted by Crippen LogP contribution is 2.28. The molecular formula is C16H20ClN3O. The number of nitrogens with one attached hydrogen (secondary N) is 1. The van der Waals surface area contributed by atoms with E-state index in [1.807, 2.05) is 35.1 Å². The van der Waals surface area contributed by atoms with Crippen molar-refractivity contribution in [1.82, 2.24) is 9.78 Å². The average Bonchev–Trinajstić information content (AvgIpc) is 2.91. The van der Waals surface area contributed by atoms with E-state index in [1.54, 1.807) is 6.20 Å². The van der Waals surface area contributed by atoms with Crippen LogP contribution in [0.5, 0.6) is 0 Å². The van der Waals surface area contributed by atoms with Crippen LogP contribution in [0, 0.1) is 0 Å². The van der Waals surface area contributed by atoms with Gasteiger partial charge in [0.05, 0.1) is 23.6 Å². The fourth-order valence-corrected chi connectivity index (χ4v) is 3.15. The zero-order valence-electron chi connectivity index (χ0n) is 12.3. The molecule has 2 heterocycles. The summed E-state index contributed by atoms with van der Waals surface area (Å²) in [4.78, 5) is 0. The van der Waals surface area contributed by atoms with Crippen molar-refractivity contribution in [3.63, 3.8) is 0 Å². The van der Waals surface area contributed by atoms with E-state index in [0.717, 1.165) is 29.2 Å². The Bertz CT molecular complexity index is 590. The normalized spacial score (nSPS) is 25.8. The quantitative estimate of drug-likeness (QED) is 0.935. The van der Waals surface area contributed by atoms with Gasteiger partial charge in [-0.2, -0.15) is 5.10 Å². The highest BCUT2D eigenvalue weighted by molar-refractivity contribution is 6.31. The number of halogens is 1. The fraction of sp³-hybridized carbons (Fsp3) is 0.438. The molecule has 112 valence electrons. The van der Waals surface area contributed by atoms with Gasteiger partial charge in [0, 0.05) is 23.5 Å². The van der Waals surface area contributed by atoms with Crippen molar-refractivity contribution in [1.29, 1.82) is 0 Å². The van der Waals surface area contributed by atoms with Crippen LogP contribution < -0.4 is 5.32 Å². The number of anilines is 1. The lowest BCUT2D eigenvalue weighted by atomic mass is 9.99. The maximum Gasteiger partial charge on any atom is 0.0877 e. The Hall–Kier alpha value is -1.52. The van der Waals surface area contributed by atoms with Gasteiger partial charge in [0.2, 0.25) is 0 Å². The second-order valence-corrected chi connectivity index (χ2v) is 6.12. The zero-order valence-corrected chi connectivity index (χ0v) is 13.0. The molecule has 0 spiro atoms. The Morgan fingerprint density at radius 1 is 1.29 bits per heavy atom. The van der Waals surface area contributed by atoms with Gasteiger partial charge in [-0.25, -0.2) is 4.68 Å². The summed E-state index contributed by atoms with van der Waals surface area (Å²) < 4.78 is 7.65. The van der Waals surface area contributed by atoms with E-state index in [0.29, 0.717) is 6.04 Å². The molecule has 4 nitrogen and oxygen atoms in total. The Labute approximate surface area is 130 Å². The van der Waals surface area contributed by atoms with E-state index < -0.39 is 0 Å². The molecule has 2 unspecified atom stereocenters. The van der Waals surface area contributed by atoms with E-state index in [2.05, 4.69) is 24.3 Å². The maximum absolute atomic E-state index is 6.16. The third kappa shape index (κ3) is 3.39. The molecule has 1 aromatic carbocycles. The second-order valence-electron chi connectivity index (χ2n) is 5.68.